The third kappa shape index (κ3) is 1.26. The van der Waals surface area contributed by atoms with E-state index in [2.05, 4.69) is 18.2 Å². The van der Waals surface area contributed by atoms with Gasteiger partial charge < -0.3 is 5.73 Å². The summed E-state index contributed by atoms with van der Waals surface area (Å²) in [6.45, 7) is 2.13. The molecule has 2 N–H and O–H groups in total. The van der Waals surface area contributed by atoms with E-state index in [4.69, 9.17) is 5.73 Å². The van der Waals surface area contributed by atoms with E-state index in [0.29, 0.717) is 11.3 Å². The number of fused-ring (bicyclic) bond motifs is 1. The fourth-order valence-corrected chi connectivity index (χ4v) is 3.37. The number of aryl methyl sites for hydroxylation is 2. The second-order valence-corrected chi connectivity index (χ2v) is 5.41. The quantitative estimate of drug-likeness (QED) is 0.756. The van der Waals surface area contributed by atoms with Gasteiger partial charge >= 0.3 is 0 Å². The van der Waals surface area contributed by atoms with E-state index in [1.54, 1.807) is 0 Å². The molecule has 3 rings (SSSR count). The lowest BCUT2D eigenvalue weighted by Gasteiger charge is -2.33. The lowest BCUT2D eigenvalue weighted by molar-refractivity contribution is 0.306. The van der Waals surface area contributed by atoms with Crippen molar-refractivity contribution in [1.29, 1.82) is 0 Å². The van der Waals surface area contributed by atoms with Crippen molar-refractivity contribution in [2.45, 2.75) is 44.6 Å². The second kappa shape index (κ2) is 2.85. The maximum Gasteiger partial charge on any atom is 0.0708 e. The zero-order valence-corrected chi connectivity index (χ0v) is 9.53. The highest BCUT2D eigenvalue weighted by molar-refractivity contribution is 5.31. The van der Waals surface area contributed by atoms with Gasteiger partial charge in [0.1, 0.15) is 0 Å². The van der Waals surface area contributed by atoms with Crippen molar-refractivity contribution in [3.05, 3.63) is 17.5 Å². The van der Waals surface area contributed by atoms with Gasteiger partial charge in [-0.15, -0.1) is 0 Å². The van der Waals surface area contributed by atoms with Crippen molar-refractivity contribution in [3.8, 4) is 0 Å². The monoisotopic (exact) mass is 205 g/mol. The lowest BCUT2D eigenvalue weighted by atomic mass is 9.73. The largest absolute Gasteiger partial charge is 0.327 e. The van der Waals surface area contributed by atoms with Crippen LogP contribution >= 0.6 is 0 Å². The summed E-state index contributed by atoms with van der Waals surface area (Å²) in [6.07, 6.45) is 7.40. The van der Waals surface area contributed by atoms with Crippen LogP contribution in [0.3, 0.4) is 0 Å². The smallest absolute Gasteiger partial charge is 0.0708 e. The minimum atomic E-state index is 0.237. The Morgan fingerprint density at radius 3 is 2.87 bits per heavy atom. The van der Waals surface area contributed by atoms with E-state index in [-0.39, 0.29) is 6.04 Å². The molecule has 0 amide bonds. The first kappa shape index (κ1) is 9.40. The van der Waals surface area contributed by atoms with Gasteiger partial charge in [0.2, 0.25) is 0 Å². The van der Waals surface area contributed by atoms with Gasteiger partial charge in [0.15, 0.2) is 0 Å². The first-order chi connectivity index (χ1) is 7.12. The number of hydrogen-bond acceptors (Lipinski definition) is 2. The minimum Gasteiger partial charge on any atom is -0.327 e. The Morgan fingerprint density at radius 2 is 2.27 bits per heavy atom. The molecule has 0 bridgehead atoms. The molecule has 1 fully saturated rings. The molecule has 0 radical (unpaired) electrons. The summed E-state index contributed by atoms with van der Waals surface area (Å²) in [5.41, 5.74) is 9.40. The van der Waals surface area contributed by atoms with Gasteiger partial charge in [-0.3, -0.25) is 4.68 Å². The summed E-state index contributed by atoms with van der Waals surface area (Å²) in [7, 11) is 2.01. The summed E-state index contributed by atoms with van der Waals surface area (Å²) in [5.74, 6) is 0.502. The molecular formula is C12H19N3. The molecule has 15 heavy (non-hydrogen) atoms. The average Bonchev–Trinajstić information content (AvgIpc) is 2.80. The predicted molar refractivity (Wildman–Crippen MR) is 59.6 cm³/mol. The standard InChI is InChI=1S/C12H19N3/c1-8(13)10-11-9(7-15(2)14-11)3-4-12(10)5-6-12/h7-8,10H,3-6,13H2,1-2H3. The highest BCUT2D eigenvalue weighted by Gasteiger charge is 2.54. The Balaban J connectivity index is 2.07. The van der Waals surface area contributed by atoms with Crippen molar-refractivity contribution in [1.82, 2.24) is 9.78 Å². The van der Waals surface area contributed by atoms with Crippen LogP contribution in [-0.4, -0.2) is 15.8 Å². The summed E-state index contributed by atoms with van der Waals surface area (Å²) in [6, 6.07) is 0.237. The Kier molecular flexibility index (Phi) is 1.78. The van der Waals surface area contributed by atoms with Crippen LogP contribution in [-0.2, 0) is 13.5 Å². The molecule has 2 aliphatic rings. The topological polar surface area (TPSA) is 43.8 Å². The van der Waals surface area contributed by atoms with Gasteiger partial charge in [-0.05, 0) is 43.6 Å². The number of rotatable bonds is 1. The predicted octanol–water partition coefficient (Wildman–Crippen LogP) is 1.58. The fraction of sp³-hybridized carbons (Fsp3) is 0.750. The Labute approximate surface area is 90.7 Å². The van der Waals surface area contributed by atoms with E-state index in [1.807, 2.05) is 11.7 Å². The molecule has 0 aliphatic heterocycles. The first-order valence-electron chi connectivity index (χ1n) is 5.90. The molecule has 1 aromatic heterocycles. The molecule has 3 nitrogen and oxygen atoms in total. The maximum absolute atomic E-state index is 6.16. The van der Waals surface area contributed by atoms with E-state index in [0.717, 1.165) is 0 Å². The summed E-state index contributed by atoms with van der Waals surface area (Å²) < 4.78 is 1.95. The van der Waals surface area contributed by atoms with Crippen LogP contribution in [0, 0.1) is 5.41 Å². The first-order valence-corrected chi connectivity index (χ1v) is 5.90. The third-order valence-electron chi connectivity index (χ3n) is 4.20. The molecule has 0 saturated heterocycles. The maximum atomic E-state index is 6.16. The fourth-order valence-electron chi connectivity index (χ4n) is 3.37. The van der Waals surface area contributed by atoms with Crippen LogP contribution in [0.2, 0.25) is 0 Å². The lowest BCUT2D eigenvalue weighted by Crippen LogP contribution is -2.35. The van der Waals surface area contributed by atoms with Gasteiger partial charge in [0.05, 0.1) is 5.69 Å². The van der Waals surface area contributed by atoms with Crippen LogP contribution in [0.5, 0.6) is 0 Å². The van der Waals surface area contributed by atoms with Gasteiger partial charge in [-0.1, -0.05) is 0 Å². The van der Waals surface area contributed by atoms with E-state index < -0.39 is 0 Å². The van der Waals surface area contributed by atoms with Gasteiger partial charge in [-0.2, -0.15) is 5.10 Å². The molecular weight excluding hydrogens is 186 g/mol. The molecule has 2 aliphatic carbocycles. The van der Waals surface area contributed by atoms with Crippen LogP contribution in [0.1, 0.15) is 43.4 Å². The zero-order chi connectivity index (χ0) is 10.6. The van der Waals surface area contributed by atoms with E-state index >= 15 is 0 Å². The molecule has 1 heterocycles. The Morgan fingerprint density at radius 1 is 1.53 bits per heavy atom. The number of nitrogens with two attached hydrogens (primary N) is 1. The zero-order valence-electron chi connectivity index (χ0n) is 9.53. The van der Waals surface area contributed by atoms with Crippen LogP contribution in [0.15, 0.2) is 6.20 Å². The third-order valence-corrected chi connectivity index (χ3v) is 4.20. The normalized spacial score (nSPS) is 28.9. The molecule has 1 aromatic rings. The highest BCUT2D eigenvalue weighted by atomic mass is 15.3. The van der Waals surface area contributed by atoms with Gasteiger partial charge in [0.25, 0.3) is 0 Å². The minimum absolute atomic E-state index is 0.237. The number of aromatic nitrogens is 2. The van der Waals surface area contributed by atoms with E-state index in [1.165, 1.54) is 36.9 Å². The molecule has 1 spiro atoms. The second-order valence-electron chi connectivity index (χ2n) is 5.41. The van der Waals surface area contributed by atoms with Crippen molar-refractivity contribution in [2.24, 2.45) is 18.2 Å². The van der Waals surface area contributed by atoms with Crippen molar-refractivity contribution in [2.75, 3.05) is 0 Å². The van der Waals surface area contributed by atoms with Crippen molar-refractivity contribution in [3.63, 3.8) is 0 Å². The number of hydrogen-bond donors (Lipinski definition) is 1. The Hall–Kier alpha value is -0.830. The molecule has 1 saturated carbocycles. The number of nitrogens with zero attached hydrogens (tertiary/aromatic N) is 2. The van der Waals surface area contributed by atoms with Crippen molar-refractivity contribution >= 4 is 0 Å². The van der Waals surface area contributed by atoms with Crippen LogP contribution in [0.25, 0.3) is 0 Å². The summed E-state index contributed by atoms with van der Waals surface area (Å²) >= 11 is 0. The van der Waals surface area contributed by atoms with Crippen LogP contribution < -0.4 is 5.73 Å². The molecule has 0 aromatic carbocycles. The summed E-state index contributed by atoms with van der Waals surface area (Å²) in [4.78, 5) is 0. The van der Waals surface area contributed by atoms with Gasteiger partial charge in [0, 0.05) is 25.2 Å². The molecule has 2 unspecified atom stereocenters. The van der Waals surface area contributed by atoms with E-state index in [9.17, 15) is 0 Å². The molecule has 82 valence electrons. The average molecular weight is 205 g/mol. The van der Waals surface area contributed by atoms with Crippen molar-refractivity contribution < 1.29 is 0 Å². The summed E-state index contributed by atoms with van der Waals surface area (Å²) in [5, 5.41) is 4.63. The molecule has 2 atom stereocenters. The Bertz CT molecular complexity index is 388. The highest BCUT2D eigenvalue weighted by Crippen LogP contribution is 2.62. The SMILES string of the molecule is CC(N)C1c2nn(C)cc2CCC12CC2. The van der Waals surface area contributed by atoms with Crippen LogP contribution in [0.4, 0.5) is 0 Å². The van der Waals surface area contributed by atoms with Gasteiger partial charge in [-0.25, -0.2) is 0 Å². The molecule has 3 heteroatoms.